The minimum Gasteiger partial charge on any atom is -0.350 e. The lowest BCUT2D eigenvalue weighted by atomic mass is 10.1. The molecule has 1 aliphatic rings. The molecule has 0 saturated carbocycles. The Hall–Kier alpha value is -3.09. The summed E-state index contributed by atoms with van der Waals surface area (Å²) in [7, 11) is 0. The van der Waals surface area contributed by atoms with Crippen molar-refractivity contribution in [2.75, 3.05) is 13.1 Å². The maximum atomic E-state index is 13.7. The van der Waals surface area contributed by atoms with Gasteiger partial charge < -0.3 is 5.32 Å². The summed E-state index contributed by atoms with van der Waals surface area (Å²) in [6.07, 6.45) is 0. The Morgan fingerprint density at radius 3 is 2.38 bits per heavy atom. The van der Waals surface area contributed by atoms with Crippen LogP contribution in [0.5, 0.6) is 0 Å². The van der Waals surface area contributed by atoms with Gasteiger partial charge >= 0.3 is 0 Å². The summed E-state index contributed by atoms with van der Waals surface area (Å²) < 4.78 is 26.5. The number of imide groups is 1. The molecule has 122 valence electrons. The lowest BCUT2D eigenvalue weighted by Gasteiger charge is -2.14. The molecule has 24 heavy (non-hydrogen) atoms. The van der Waals surface area contributed by atoms with E-state index in [0.717, 1.165) is 23.1 Å². The number of nitrogens with zero attached hydrogens (tertiary/aromatic N) is 1. The quantitative estimate of drug-likeness (QED) is 0.872. The maximum absolute atomic E-state index is 13.7. The predicted molar refractivity (Wildman–Crippen MR) is 80.5 cm³/mol. The molecule has 0 atom stereocenters. The van der Waals surface area contributed by atoms with Crippen LogP contribution < -0.4 is 5.32 Å². The van der Waals surface area contributed by atoms with Gasteiger partial charge in [0.05, 0.1) is 11.1 Å². The predicted octanol–water partition coefficient (Wildman–Crippen LogP) is 1.99. The van der Waals surface area contributed by atoms with E-state index < -0.39 is 29.4 Å². The van der Waals surface area contributed by atoms with Crippen molar-refractivity contribution in [3.8, 4) is 0 Å². The number of amides is 3. The van der Waals surface area contributed by atoms with E-state index in [0.29, 0.717) is 0 Å². The summed E-state index contributed by atoms with van der Waals surface area (Å²) >= 11 is 0. The third kappa shape index (κ3) is 2.76. The molecule has 2 aromatic rings. The standard InChI is InChI=1S/C17H12F2N2O3/c18-11-6-4-10(5-7-11)15(22)20-8-9-21-16(23)12-2-1-3-13(19)14(12)17(21)24/h1-7H,8-9H2,(H,20,22). The van der Waals surface area contributed by atoms with Crippen LogP contribution in [0, 0.1) is 11.6 Å². The number of carbonyl (C=O) groups excluding carboxylic acids is 3. The molecule has 0 aliphatic carbocycles. The van der Waals surface area contributed by atoms with Crippen LogP contribution in [0.1, 0.15) is 31.1 Å². The van der Waals surface area contributed by atoms with Crippen LogP contribution in [0.25, 0.3) is 0 Å². The van der Waals surface area contributed by atoms with Gasteiger partial charge in [0, 0.05) is 18.7 Å². The second-order valence-electron chi connectivity index (χ2n) is 5.19. The Kier molecular flexibility index (Phi) is 4.07. The molecule has 7 heteroatoms. The van der Waals surface area contributed by atoms with Gasteiger partial charge in [-0.25, -0.2) is 8.78 Å². The molecule has 1 heterocycles. The van der Waals surface area contributed by atoms with Crippen LogP contribution in [-0.2, 0) is 0 Å². The summed E-state index contributed by atoms with van der Waals surface area (Å²) in [4.78, 5) is 37.0. The maximum Gasteiger partial charge on any atom is 0.264 e. The van der Waals surface area contributed by atoms with Crippen LogP contribution in [-0.4, -0.2) is 35.7 Å². The van der Waals surface area contributed by atoms with Gasteiger partial charge in [-0.1, -0.05) is 6.07 Å². The summed E-state index contributed by atoms with van der Waals surface area (Å²) in [5.74, 6) is -2.98. The van der Waals surface area contributed by atoms with Crippen LogP contribution in [0.2, 0.25) is 0 Å². The number of hydrogen-bond acceptors (Lipinski definition) is 3. The minimum absolute atomic E-state index is 0.00327. The lowest BCUT2D eigenvalue weighted by Crippen LogP contribution is -2.38. The molecule has 5 nitrogen and oxygen atoms in total. The van der Waals surface area contributed by atoms with E-state index in [9.17, 15) is 23.2 Å². The van der Waals surface area contributed by atoms with Crippen LogP contribution >= 0.6 is 0 Å². The Bertz CT molecular complexity index is 834. The normalized spacial score (nSPS) is 13.2. The van der Waals surface area contributed by atoms with Crippen LogP contribution in [0.15, 0.2) is 42.5 Å². The summed E-state index contributed by atoms with van der Waals surface area (Å²) in [5, 5.41) is 2.53. The van der Waals surface area contributed by atoms with Crippen molar-refractivity contribution < 1.29 is 23.2 Å². The summed E-state index contributed by atoms with van der Waals surface area (Å²) in [6, 6.07) is 8.81. The molecule has 3 rings (SSSR count). The zero-order chi connectivity index (χ0) is 17.3. The molecule has 2 aromatic carbocycles. The van der Waals surface area contributed by atoms with E-state index in [2.05, 4.69) is 5.32 Å². The van der Waals surface area contributed by atoms with Gasteiger partial charge in [0.1, 0.15) is 11.6 Å². The molecule has 1 N–H and O–H groups in total. The van der Waals surface area contributed by atoms with Crippen molar-refractivity contribution in [3.63, 3.8) is 0 Å². The highest BCUT2D eigenvalue weighted by Crippen LogP contribution is 2.24. The van der Waals surface area contributed by atoms with E-state index in [4.69, 9.17) is 0 Å². The molecular formula is C17H12F2N2O3. The highest BCUT2D eigenvalue weighted by molar-refractivity contribution is 6.21. The second-order valence-corrected chi connectivity index (χ2v) is 5.19. The number of fused-ring (bicyclic) bond motifs is 1. The number of carbonyl (C=O) groups is 3. The largest absolute Gasteiger partial charge is 0.350 e. The topological polar surface area (TPSA) is 66.5 Å². The molecule has 1 aliphatic heterocycles. The third-order valence-corrected chi connectivity index (χ3v) is 3.68. The molecule has 0 radical (unpaired) electrons. The Balaban J connectivity index is 1.63. The van der Waals surface area contributed by atoms with E-state index >= 15 is 0 Å². The monoisotopic (exact) mass is 330 g/mol. The average molecular weight is 330 g/mol. The zero-order valence-electron chi connectivity index (χ0n) is 12.4. The van der Waals surface area contributed by atoms with Crippen LogP contribution in [0.4, 0.5) is 8.78 Å². The van der Waals surface area contributed by atoms with Gasteiger partial charge in [-0.3, -0.25) is 19.3 Å². The molecule has 0 saturated heterocycles. The first-order valence-corrected chi connectivity index (χ1v) is 7.17. The van der Waals surface area contributed by atoms with Crippen molar-refractivity contribution >= 4 is 17.7 Å². The molecule has 0 bridgehead atoms. The summed E-state index contributed by atoms with van der Waals surface area (Å²) in [5.41, 5.74) is 0.0297. The van der Waals surface area contributed by atoms with E-state index in [-0.39, 0.29) is 29.8 Å². The number of hydrogen-bond donors (Lipinski definition) is 1. The first kappa shape index (κ1) is 15.8. The van der Waals surface area contributed by atoms with Crippen molar-refractivity contribution in [1.82, 2.24) is 10.2 Å². The van der Waals surface area contributed by atoms with Gasteiger partial charge in [-0.05, 0) is 36.4 Å². The van der Waals surface area contributed by atoms with E-state index in [1.165, 1.54) is 24.3 Å². The van der Waals surface area contributed by atoms with Crippen molar-refractivity contribution in [2.24, 2.45) is 0 Å². The number of rotatable bonds is 4. The first-order chi connectivity index (χ1) is 11.5. The Morgan fingerprint density at radius 1 is 1.00 bits per heavy atom. The van der Waals surface area contributed by atoms with Gasteiger partial charge in [0.25, 0.3) is 17.7 Å². The molecule has 0 aromatic heterocycles. The zero-order valence-corrected chi connectivity index (χ0v) is 12.4. The molecule has 0 spiro atoms. The highest BCUT2D eigenvalue weighted by Gasteiger charge is 2.37. The minimum atomic E-state index is -0.747. The average Bonchev–Trinajstić information content (AvgIpc) is 2.81. The lowest BCUT2D eigenvalue weighted by molar-refractivity contribution is 0.0648. The fourth-order valence-electron chi connectivity index (χ4n) is 2.48. The fourth-order valence-corrected chi connectivity index (χ4v) is 2.48. The molecular weight excluding hydrogens is 318 g/mol. The smallest absolute Gasteiger partial charge is 0.264 e. The molecule has 0 unspecified atom stereocenters. The van der Waals surface area contributed by atoms with Crippen molar-refractivity contribution in [2.45, 2.75) is 0 Å². The van der Waals surface area contributed by atoms with Crippen molar-refractivity contribution in [1.29, 1.82) is 0 Å². The molecule has 0 fully saturated rings. The van der Waals surface area contributed by atoms with E-state index in [1.807, 2.05) is 0 Å². The number of benzene rings is 2. The van der Waals surface area contributed by atoms with Gasteiger partial charge in [0.2, 0.25) is 0 Å². The Morgan fingerprint density at radius 2 is 1.71 bits per heavy atom. The Labute approximate surface area is 135 Å². The second kappa shape index (κ2) is 6.19. The van der Waals surface area contributed by atoms with E-state index in [1.54, 1.807) is 0 Å². The SMILES string of the molecule is O=C(NCCN1C(=O)c2cccc(F)c2C1=O)c1ccc(F)cc1. The summed E-state index contributed by atoms with van der Waals surface area (Å²) in [6.45, 7) is -0.0813. The van der Waals surface area contributed by atoms with Gasteiger partial charge in [-0.2, -0.15) is 0 Å². The van der Waals surface area contributed by atoms with Crippen LogP contribution in [0.3, 0.4) is 0 Å². The number of nitrogens with one attached hydrogen (secondary N) is 1. The first-order valence-electron chi connectivity index (χ1n) is 7.17. The third-order valence-electron chi connectivity index (χ3n) is 3.68. The number of halogens is 2. The van der Waals surface area contributed by atoms with Crippen molar-refractivity contribution in [3.05, 3.63) is 70.8 Å². The molecule has 3 amide bonds. The highest BCUT2D eigenvalue weighted by atomic mass is 19.1. The van der Waals surface area contributed by atoms with Gasteiger partial charge in [0.15, 0.2) is 0 Å². The fraction of sp³-hybridized carbons (Fsp3) is 0.118. The van der Waals surface area contributed by atoms with Gasteiger partial charge in [-0.15, -0.1) is 0 Å².